The molecule has 4 N–H and O–H groups in total. The van der Waals surface area contributed by atoms with Gasteiger partial charge in [0.25, 0.3) is 5.17 Å². The molecule has 0 aromatic carbocycles. The zero-order valence-corrected chi connectivity index (χ0v) is 10.8. The topological polar surface area (TPSA) is 51.6 Å². The van der Waals surface area contributed by atoms with E-state index in [9.17, 15) is 0 Å². The smallest absolute Gasteiger partial charge is 0.299 e. The van der Waals surface area contributed by atoms with Gasteiger partial charge in [0.1, 0.15) is 0 Å². The minimum atomic E-state index is 0. The summed E-state index contributed by atoms with van der Waals surface area (Å²) < 4.78 is 0. The highest BCUT2D eigenvalue weighted by molar-refractivity contribution is 8.13. The summed E-state index contributed by atoms with van der Waals surface area (Å²) in [5.41, 5.74) is 5.31. The molecular formula is C9H21BrN2S. The van der Waals surface area contributed by atoms with Gasteiger partial charge in [0.05, 0.1) is 0 Å². The Morgan fingerprint density at radius 1 is 1.15 bits per heavy atom. The van der Waals surface area contributed by atoms with Gasteiger partial charge in [0.15, 0.2) is 0 Å². The lowest BCUT2D eigenvalue weighted by molar-refractivity contribution is -0.110. The molecule has 0 atom stereocenters. The lowest BCUT2D eigenvalue weighted by Gasteiger charge is -1.98. The van der Waals surface area contributed by atoms with Gasteiger partial charge in [-0.15, -0.1) is 0 Å². The first-order chi connectivity index (χ1) is 5.77. The lowest BCUT2D eigenvalue weighted by atomic mass is 10.1. The molecule has 0 rings (SSSR count). The summed E-state index contributed by atoms with van der Waals surface area (Å²) in [6, 6.07) is 0. The molecule has 2 nitrogen and oxygen atoms in total. The Hall–Kier alpha value is 0.300. The van der Waals surface area contributed by atoms with Crippen molar-refractivity contribution >= 4 is 16.9 Å². The molecule has 0 heterocycles. The fourth-order valence-corrected chi connectivity index (χ4v) is 1.66. The van der Waals surface area contributed by atoms with Crippen LogP contribution < -0.4 is 28.1 Å². The Balaban J connectivity index is 0. The first kappa shape index (κ1) is 15.8. The Bertz CT molecular complexity index is 120. The van der Waals surface area contributed by atoms with Crippen LogP contribution in [0.25, 0.3) is 0 Å². The third-order valence-corrected chi connectivity index (χ3v) is 2.59. The van der Waals surface area contributed by atoms with Crippen molar-refractivity contribution in [2.45, 2.75) is 45.4 Å². The molecule has 0 aromatic heterocycles. The van der Waals surface area contributed by atoms with Gasteiger partial charge < -0.3 is 17.0 Å². The van der Waals surface area contributed by atoms with Crippen LogP contribution in [0, 0.1) is 0 Å². The fraction of sp³-hybridized carbons (Fsp3) is 0.889. The predicted molar refractivity (Wildman–Crippen MR) is 57.0 cm³/mol. The maximum Gasteiger partial charge on any atom is 0.299 e. The molecule has 0 radical (unpaired) electrons. The summed E-state index contributed by atoms with van der Waals surface area (Å²) in [5, 5.41) is 5.82. The second kappa shape index (κ2) is 12.3. The van der Waals surface area contributed by atoms with Gasteiger partial charge in [-0.3, -0.25) is 11.1 Å². The first-order valence-corrected chi connectivity index (χ1v) is 5.76. The molecule has 0 aliphatic carbocycles. The van der Waals surface area contributed by atoms with E-state index in [1.807, 2.05) is 0 Å². The lowest BCUT2D eigenvalue weighted by Crippen LogP contribution is -3.00. The summed E-state index contributed by atoms with van der Waals surface area (Å²) in [6.07, 6.45) is 7.99. The van der Waals surface area contributed by atoms with Crippen molar-refractivity contribution in [1.29, 1.82) is 0 Å². The molecule has 4 heteroatoms. The number of hydrogen-bond donors (Lipinski definition) is 2. The van der Waals surface area contributed by atoms with Gasteiger partial charge >= 0.3 is 0 Å². The first-order valence-electron chi connectivity index (χ1n) is 4.78. The molecule has 0 aliphatic rings. The van der Waals surface area contributed by atoms with Crippen LogP contribution in [0.2, 0.25) is 0 Å². The van der Waals surface area contributed by atoms with Crippen LogP contribution in [0.1, 0.15) is 45.4 Å². The summed E-state index contributed by atoms with van der Waals surface area (Å²) in [7, 11) is 0. The molecule has 13 heavy (non-hydrogen) atoms. The van der Waals surface area contributed by atoms with Crippen LogP contribution >= 0.6 is 11.8 Å². The van der Waals surface area contributed by atoms with Gasteiger partial charge in [-0.25, -0.2) is 0 Å². The second-order valence-electron chi connectivity index (χ2n) is 3.02. The molecule has 0 unspecified atom stereocenters. The van der Waals surface area contributed by atoms with Crippen molar-refractivity contribution in [1.82, 2.24) is 0 Å². The molecule has 0 saturated carbocycles. The van der Waals surface area contributed by atoms with E-state index in [-0.39, 0.29) is 17.0 Å². The summed E-state index contributed by atoms with van der Waals surface area (Å²) in [5.74, 6) is 1.08. The van der Waals surface area contributed by atoms with Crippen LogP contribution in [0.3, 0.4) is 0 Å². The van der Waals surface area contributed by atoms with Crippen LogP contribution in [0.4, 0.5) is 0 Å². The summed E-state index contributed by atoms with van der Waals surface area (Å²) in [4.78, 5) is 0. The highest BCUT2D eigenvalue weighted by atomic mass is 79.9. The molecule has 0 aromatic rings. The molecular weight excluding hydrogens is 248 g/mol. The Labute approximate surface area is 96.3 Å². The molecule has 0 fully saturated rings. The van der Waals surface area contributed by atoms with E-state index in [2.05, 4.69) is 6.92 Å². The standard InChI is InChI=1S/C9H20N2S.BrH/c1-2-3-4-5-6-7-8-12-9(10)11;/h2-8H2,1H3,(H3,10,11);1H. The van der Waals surface area contributed by atoms with E-state index < -0.39 is 0 Å². The fourth-order valence-electron chi connectivity index (χ4n) is 1.07. The number of amidine groups is 1. The van der Waals surface area contributed by atoms with Crippen molar-refractivity contribution < 1.29 is 22.4 Å². The molecule has 0 aliphatic heterocycles. The van der Waals surface area contributed by atoms with E-state index in [0.717, 1.165) is 5.75 Å². The number of halogens is 1. The maximum absolute atomic E-state index is 5.31. The number of thioether (sulfide) groups is 1. The molecule has 0 bridgehead atoms. The number of rotatable bonds is 7. The van der Waals surface area contributed by atoms with Crippen molar-refractivity contribution in [3.05, 3.63) is 0 Å². The third-order valence-electron chi connectivity index (χ3n) is 1.77. The average molecular weight is 269 g/mol. The number of nitrogens with two attached hydrogens (primary N) is 2. The second-order valence-corrected chi connectivity index (χ2v) is 4.19. The zero-order chi connectivity index (χ0) is 9.23. The normalized spacial score (nSPS) is 9.31. The highest BCUT2D eigenvalue weighted by Crippen LogP contribution is 2.08. The Kier molecular flexibility index (Phi) is 14.9. The largest absolute Gasteiger partial charge is 1.00 e. The van der Waals surface area contributed by atoms with Gasteiger partial charge in [-0.1, -0.05) is 39.0 Å². The van der Waals surface area contributed by atoms with E-state index in [0.29, 0.717) is 5.17 Å². The average Bonchev–Trinajstić information content (AvgIpc) is 2.02. The molecule has 0 spiro atoms. The monoisotopic (exact) mass is 268 g/mol. The van der Waals surface area contributed by atoms with Crippen molar-refractivity contribution in [3.8, 4) is 0 Å². The summed E-state index contributed by atoms with van der Waals surface area (Å²) in [6.45, 7) is 2.24. The van der Waals surface area contributed by atoms with E-state index >= 15 is 0 Å². The number of hydrogen-bond acceptors (Lipinski definition) is 1. The predicted octanol–water partition coefficient (Wildman–Crippen LogP) is -1.84. The van der Waals surface area contributed by atoms with E-state index in [1.54, 1.807) is 11.8 Å². The Morgan fingerprint density at radius 3 is 2.23 bits per heavy atom. The SMILES string of the molecule is CCCCCCCCSC(N)=[NH2+].[Br-]. The zero-order valence-electron chi connectivity index (χ0n) is 8.39. The van der Waals surface area contributed by atoms with E-state index in [1.165, 1.54) is 38.5 Å². The highest BCUT2D eigenvalue weighted by Gasteiger charge is 1.95. The van der Waals surface area contributed by atoms with E-state index in [4.69, 9.17) is 11.1 Å². The summed E-state index contributed by atoms with van der Waals surface area (Å²) >= 11 is 1.57. The van der Waals surface area contributed by atoms with Gasteiger partial charge in [-0.05, 0) is 18.2 Å². The van der Waals surface area contributed by atoms with Crippen molar-refractivity contribution in [2.24, 2.45) is 5.73 Å². The van der Waals surface area contributed by atoms with Gasteiger partial charge in [0, 0.05) is 5.75 Å². The van der Waals surface area contributed by atoms with Crippen LogP contribution in [0.15, 0.2) is 0 Å². The van der Waals surface area contributed by atoms with Crippen LogP contribution in [-0.4, -0.2) is 10.9 Å². The molecule has 0 amide bonds. The van der Waals surface area contributed by atoms with Crippen molar-refractivity contribution in [2.75, 3.05) is 5.75 Å². The Morgan fingerprint density at radius 2 is 1.69 bits per heavy atom. The van der Waals surface area contributed by atoms with Crippen LogP contribution in [0.5, 0.6) is 0 Å². The minimum absolute atomic E-state index is 0. The quantitative estimate of drug-likeness (QED) is 0.324. The molecule has 80 valence electrons. The third kappa shape index (κ3) is 15.1. The maximum atomic E-state index is 5.31. The molecule has 0 saturated heterocycles. The van der Waals surface area contributed by atoms with Crippen molar-refractivity contribution in [3.63, 3.8) is 0 Å². The van der Waals surface area contributed by atoms with Gasteiger partial charge in [-0.2, -0.15) is 0 Å². The van der Waals surface area contributed by atoms with Crippen LogP contribution in [-0.2, 0) is 0 Å². The number of unbranched alkanes of at least 4 members (excludes halogenated alkanes) is 5. The minimum Gasteiger partial charge on any atom is -1.00 e. The van der Waals surface area contributed by atoms with Gasteiger partial charge in [0.2, 0.25) is 0 Å².